The molecule has 0 aromatic heterocycles. The number of hydrogen-bond donors (Lipinski definition) is 5. The number of carboxylic acids is 2. The number of carboxylic acid groups (broad SMARTS) is 2. The molecule has 12 nitrogen and oxygen atoms in total. The van der Waals surface area contributed by atoms with Gasteiger partial charge in [-0.1, -0.05) is 25.8 Å². The van der Waals surface area contributed by atoms with Crippen molar-refractivity contribution in [3.8, 4) is 0 Å². The fraction of sp³-hybridized carbons (Fsp3) is 0.154. The fourth-order valence-electron chi connectivity index (χ4n) is 0.407. The van der Waals surface area contributed by atoms with Crippen LogP contribution in [0.3, 0.4) is 0 Å². The Labute approximate surface area is 186 Å². The first kappa shape index (κ1) is 37.0. The Bertz CT molecular complexity index is 750. The molecule has 0 atom stereocenters. The largest absolute Gasteiger partial charge is 1.00 e. The summed E-state index contributed by atoms with van der Waals surface area (Å²) in [4.78, 5) is 29.1. The number of hydrogen-bond acceptors (Lipinski definition) is 7. The maximum atomic E-state index is 9.87. The van der Waals surface area contributed by atoms with E-state index < -0.39 is 44.5 Å². The van der Waals surface area contributed by atoms with Gasteiger partial charge in [-0.2, -0.15) is 16.8 Å². The van der Waals surface area contributed by atoms with Gasteiger partial charge in [0.2, 0.25) is 5.91 Å². The third kappa shape index (κ3) is 56.4. The van der Waals surface area contributed by atoms with E-state index in [0.29, 0.717) is 5.41 Å². The molecule has 0 spiro atoms. The van der Waals surface area contributed by atoms with Gasteiger partial charge in [0.25, 0.3) is 20.2 Å². The minimum absolute atomic E-state index is 0. The van der Waals surface area contributed by atoms with Gasteiger partial charge in [-0.05, 0) is 6.08 Å². The molecule has 0 saturated carbocycles. The number of rotatable bonds is 7. The van der Waals surface area contributed by atoms with Crippen molar-refractivity contribution < 1.29 is 81.5 Å². The van der Waals surface area contributed by atoms with Crippen LogP contribution in [0.5, 0.6) is 0 Å². The molecule has 0 rings (SSSR count). The van der Waals surface area contributed by atoms with Gasteiger partial charge in [0.05, 0.1) is 17.6 Å². The van der Waals surface area contributed by atoms with Gasteiger partial charge in [-0.3, -0.25) is 18.7 Å². The molecular weight excluding hydrogens is 433 g/mol. The van der Waals surface area contributed by atoms with Crippen molar-refractivity contribution in [3.63, 3.8) is 0 Å². The van der Waals surface area contributed by atoms with E-state index in [9.17, 15) is 31.2 Å². The number of amides is 1. The molecule has 0 unspecified atom stereocenters. The average molecular weight is 455 g/mol. The monoisotopic (exact) mass is 455 g/mol. The van der Waals surface area contributed by atoms with Crippen LogP contribution in [0, 0.1) is 0 Å². The van der Waals surface area contributed by atoms with Crippen LogP contribution in [0.4, 0.5) is 0 Å². The van der Waals surface area contributed by atoms with Crippen molar-refractivity contribution in [3.05, 3.63) is 49.4 Å². The van der Waals surface area contributed by atoms with Crippen LogP contribution < -0.4 is 35.3 Å². The molecule has 0 aromatic rings. The predicted octanol–water partition coefficient (Wildman–Crippen LogP) is -3.05. The van der Waals surface area contributed by atoms with Crippen LogP contribution in [-0.2, 0) is 34.6 Å². The molecule has 0 aliphatic heterocycles. The minimum Gasteiger partial charge on any atom is -1.00 e. The minimum atomic E-state index is -3.90. The molecule has 0 bridgehead atoms. The topological polar surface area (TPSA) is 226 Å². The third-order valence-electron chi connectivity index (χ3n) is 1.41. The summed E-state index contributed by atoms with van der Waals surface area (Å²) in [6, 6.07) is 0. The summed E-state index contributed by atoms with van der Waals surface area (Å²) in [5, 5.41) is 16.5. The first-order chi connectivity index (χ1) is 11.9. The average Bonchev–Trinajstić information content (AvgIpc) is 2.46. The van der Waals surface area contributed by atoms with E-state index in [2.05, 4.69) is 32.0 Å². The molecule has 0 fully saturated rings. The Hall–Kier alpha value is -1.81. The Kier molecular flexibility index (Phi) is 26.4. The zero-order valence-corrected chi connectivity index (χ0v) is 18.6. The van der Waals surface area contributed by atoms with E-state index in [-0.39, 0.29) is 42.3 Å². The molecule has 6 N–H and O–H groups in total. The standard InChI is InChI=1S/C5H6O4.C3H5NO.C3H6O3S.C2H4O3S.Na.H/c1-3(5(8)9)2-4(6)7;1-2-3(4)5;1-2-3-7(4,5)6;1-2-6(3,4)5;;/h1-2H2,(H,6,7)(H,8,9);2H,1H2,(H2,4,5);2H,1,3H2,(H,4,5,6);2H,1H2,(H,3,4,5);;/q;;;;+1;-1. The maximum Gasteiger partial charge on any atom is 1.00 e. The Morgan fingerprint density at radius 1 is 1.00 bits per heavy atom. The molecule has 0 heterocycles. The second-order valence-electron chi connectivity index (χ2n) is 3.80. The van der Waals surface area contributed by atoms with Gasteiger partial charge >= 0.3 is 41.5 Å². The molecule has 15 heteroatoms. The Balaban J connectivity index is -0.0000000608. The molecule has 1 amide bonds. The van der Waals surface area contributed by atoms with Gasteiger partial charge in [0.1, 0.15) is 0 Å². The Morgan fingerprint density at radius 2 is 1.32 bits per heavy atom. The first-order valence-electron chi connectivity index (χ1n) is 6.14. The number of carbonyl (C=O) groups is 3. The molecule has 158 valence electrons. The van der Waals surface area contributed by atoms with E-state index in [4.69, 9.17) is 19.3 Å². The predicted molar refractivity (Wildman–Crippen MR) is 97.9 cm³/mol. The molecular formula is C13H22NNaO11S2. The number of carbonyl (C=O) groups excluding carboxylic acids is 1. The van der Waals surface area contributed by atoms with Crippen LogP contribution in [0.2, 0.25) is 0 Å². The summed E-state index contributed by atoms with van der Waals surface area (Å²) in [7, 11) is -7.69. The quantitative estimate of drug-likeness (QED) is 0.112. The summed E-state index contributed by atoms with van der Waals surface area (Å²) >= 11 is 0. The second-order valence-corrected chi connectivity index (χ2v) is 6.67. The summed E-state index contributed by atoms with van der Waals surface area (Å²) in [6.45, 7) is 12.0. The summed E-state index contributed by atoms with van der Waals surface area (Å²) in [5.41, 5.74) is 4.23. The van der Waals surface area contributed by atoms with Gasteiger partial charge < -0.3 is 17.4 Å². The maximum absolute atomic E-state index is 9.87. The SMILES string of the molecule is C=C(CC(=O)O)C(=O)O.C=CC(N)=O.C=CCS(=O)(=O)O.C=CS(=O)(=O)O.[H-].[Na+]. The van der Waals surface area contributed by atoms with Crippen LogP contribution in [0.15, 0.2) is 49.4 Å². The molecule has 0 radical (unpaired) electrons. The number of nitrogens with two attached hydrogens (primary N) is 1. The zero-order chi connectivity index (χ0) is 22.8. The number of primary amides is 1. The van der Waals surface area contributed by atoms with Gasteiger partial charge in [0, 0.05) is 5.57 Å². The van der Waals surface area contributed by atoms with E-state index in [1.54, 1.807) is 0 Å². The van der Waals surface area contributed by atoms with E-state index in [1.165, 1.54) is 0 Å². The summed E-state index contributed by atoms with van der Waals surface area (Å²) < 4.78 is 53.9. The Morgan fingerprint density at radius 3 is 1.36 bits per heavy atom. The van der Waals surface area contributed by atoms with Crippen molar-refractivity contribution in [2.24, 2.45) is 5.73 Å². The van der Waals surface area contributed by atoms with E-state index in [0.717, 1.165) is 12.2 Å². The molecule has 0 aliphatic rings. The molecule has 0 aliphatic carbocycles. The van der Waals surface area contributed by atoms with Crippen LogP contribution in [0.25, 0.3) is 0 Å². The number of aliphatic carboxylic acids is 2. The van der Waals surface area contributed by atoms with Gasteiger partial charge in [-0.15, -0.1) is 6.58 Å². The van der Waals surface area contributed by atoms with Crippen molar-refractivity contribution in [1.82, 2.24) is 0 Å². The van der Waals surface area contributed by atoms with Gasteiger partial charge in [-0.25, -0.2) is 4.79 Å². The molecule has 0 aromatic carbocycles. The van der Waals surface area contributed by atoms with Crippen LogP contribution >= 0.6 is 0 Å². The zero-order valence-electron chi connectivity index (χ0n) is 16.0. The van der Waals surface area contributed by atoms with Crippen LogP contribution in [0.1, 0.15) is 7.85 Å². The summed E-state index contributed by atoms with van der Waals surface area (Å²) in [5.74, 6) is -3.29. The normalized spacial score (nSPS) is 8.93. The molecule has 0 saturated heterocycles. The fourth-order valence-corrected chi connectivity index (χ4v) is 0.705. The van der Waals surface area contributed by atoms with E-state index in [1.807, 2.05) is 0 Å². The second kappa shape index (κ2) is 19.9. The first-order valence-corrected chi connectivity index (χ1v) is 9.25. The van der Waals surface area contributed by atoms with Crippen molar-refractivity contribution >= 4 is 38.1 Å². The third-order valence-corrected chi connectivity index (χ3v) is 2.49. The van der Waals surface area contributed by atoms with Crippen molar-refractivity contribution in [1.29, 1.82) is 0 Å². The smallest absolute Gasteiger partial charge is 1.00 e. The van der Waals surface area contributed by atoms with Crippen molar-refractivity contribution in [2.45, 2.75) is 6.42 Å². The molecule has 28 heavy (non-hydrogen) atoms. The van der Waals surface area contributed by atoms with E-state index >= 15 is 0 Å². The van der Waals surface area contributed by atoms with Gasteiger partial charge in [0.15, 0.2) is 0 Å². The van der Waals surface area contributed by atoms with Crippen molar-refractivity contribution in [2.75, 3.05) is 5.75 Å². The summed E-state index contributed by atoms with van der Waals surface area (Å²) in [6.07, 6.45) is 1.67. The van der Waals surface area contributed by atoms with Crippen LogP contribution in [-0.4, -0.2) is 59.8 Å².